The topological polar surface area (TPSA) is 26.0 Å². The molecule has 18 heavy (non-hydrogen) atoms. The molecule has 1 nitrogen and oxygen atoms in total. The van der Waals surface area contributed by atoms with E-state index in [-0.39, 0.29) is 5.82 Å². The number of hydrogen-bond donors (Lipinski definition) is 1. The van der Waals surface area contributed by atoms with Crippen LogP contribution in [-0.4, -0.2) is 0 Å². The lowest BCUT2D eigenvalue weighted by Gasteiger charge is -2.29. The quantitative estimate of drug-likeness (QED) is 0.871. The molecule has 0 heterocycles. The van der Waals surface area contributed by atoms with E-state index in [2.05, 4.69) is 0 Å². The molecule has 2 N–H and O–H groups in total. The molecule has 2 aromatic carbocycles. The van der Waals surface area contributed by atoms with Crippen LogP contribution in [-0.2, 0) is 12.0 Å². The van der Waals surface area contributed by atoms with Crippen LogP contribution < -0.4 is 5.73 Å². The van der Waals surface area contributed by atoms with Gasteiger partial charge in [-0.25, -0.2) is 4.39 Å². The van der Waals surface area contributed by atoms with Crippen molar-refractivity contribution in [2.24, 2.45) is 5.73 Å². The standard InChI is InChI=1S/C16H18FN/c1-2-16(18,14-9-4-3-5-10-14)12-13-8-6-7-11-15(13)17/h3-11H,2,12,18H2,1H3. The van der Waals surface area contributed by atoms with Crippen LogP contribution in [0.25, 0.3) is 0 Å². The lowest BCUT2D eigenvalue weighted by atomic mass is 9.82. The molecular weight excluding hydrogens is 225 g/mol. The molecule has 0 radical (unpaired) electrons. The van der Waals surface area contributed by atoms with Crippen LogP contribution in [0.5, 0.6) is 0 Å². The maximum Gasteiger partial charge on any atom is 0.126 e. The summed E-state index contributed by atoms with van der Waals surface area (Å²) < 4.78 is 13.7. The Kier molecular flexibility index (Phi) is 3.78. The molecule has 94 valence electrons. The highest BCUT2D eigenvalue weighted by Crippen LogP contribution is 2.27. The van der Waals surface area contributed by atoms with Crippen molar-refractivity contribution >= 4 is 0 Å². The highest BCUT2D eigenvalue weighted by atomic mass is 19.1. The van der Waals surface area contributed by atoms with Gasteiger partial charge in [-0.05, 0) is 30.0 Å². The second-order valence-corrected chi connectivity index (χ2v) is 4.64. The van der Waals surface area contributed by atoms with Crippen molar-refractivity contribution in [1.82, 2.24) is 0 Å². The maximum atomic E-state index is 13.7. The third-order valence-electron chi connectivity index (χ3n) is 3.44. The average Bonchev–Trinajstić information content (AvgIpc) is 2.42. The number of rotatable bonds is 4. The van der Waals surface area contributed by atoms with Crippen molar-refractivity contribution in [2.75, 3.05) is 0 Å². The van der Waals surface area contributed by atoms with E-state index in [1.807, 2.05) is 43.3 Å². The summed E-state index contributed by atoms with van der Waals surface area (Å²) in [5.41, 5.74) is 7.67. The molecule has 0 spiro atoms. The summed E-state index contributed by atoms with van der Waals surface area (Å²) in [4.78, 5) is 0. The normalized spacial score (nSPS) is 14.2. The van der Waals surface area contributed by atoms with Gasteiger partial charge in [0.25, 0.3) is 0 Å². The molecule has 0 aliphatic heterocycles. The van der Waals surface area contributed by atoms with E-state index >= 15 is 0 Å². The molecular formula is C16H18FN. The Morgan fingerprint density at radius 3 is 2.22 bits per heavy atom. The molecule has 0 aromatic heterocycles. The summed E-state index contributed by atoms with van der Waals surface area (Å²) >= 11 is 0. The molecule has 1 atom stereocenters. The first-order valence-electron chi connectivity index (χ1n) is 6.23. The number of halogens is 1. The predicted octanol–water partition coefficient (Wildman–Crippen LogP) is 3.63. The fourth-order valence-corrected chi connectivity index (χ4v) is 2.18. The molecule has 1 unspecified atom stereocenters. The van der Waals surface area contributed by atoms with E-state index in [0.717, 1.165) is 12.0 Å². The second-order valence-electron chi connectivity index (χ2n) is 4.64. The summed E-state index contributed by atoms with van der Waals surface area (Å²) in [5.74, 6) is -0.184. The molecule has 0 bridgehead atoms. The lowest BCUT2D eigenvalue weighted by Crippen LogP contribution is -2.38. The van der Waals surface area contributed by atoms with Crippen molar-refractivity contribution in [3.63, 3.8) is 0 Å². The minimum absolute atomic E-state index is 0.184. The van der Waals surface area contributed by atoms with Gasteiger partial charge < -0.3 is 5.73 Å². The third kappa shape index (κ3) is 2.59. The van der Waals surface area contributed by atoms with Gasteiger partial charge in [-0.2, -0.15) is 0 Å². The van der Waals surface area contributed by atoms with E-state index in [1.165, 1.54) is 6.07 Å². The van der Waals surface area contributed by atoms with Crippen molar-refractivity contribution < 1.29 is 4.39 Å². The van der Waals surface area contributed by atoms with Gasteiger partial charge in [-0.3, -0.25) is 0 Å². The first-order chi connectivity index (χ1) is 8.65. The van der Waals surface area contributed by atoms with Crippen molar-refractivity contribution in [3.05, 3.63) is 71.5 Å². The maximum absolute atomic E-state index is 13.7. The van der Waals surface area contributed by atoms with E-state index in [1.54, 1.807) is 12.1 Å². The number of hydrogen-bond acceptors (Lipinski definition) is 1. The highest BCUT2D eigenvalue weighted by molar-refractivity contribution is 5.28. The van der Waals surface area contributed by atoms with Gasteiger partial charge in [0.15, 0.2) is 0 Å². The zero-order valence-electron chi connectivity index (χ0n) is 10.6. The zero-order chi connectivity index (χ0) is 13.0. The molecule has 0 aliphatic rings. The third-order valence-corrected chi connectivity index (χ3v) is 3.44. The van der Waals surface area contributed by atoms with E-state index in [9.17, 15) is 4.39 Å². The van der Waals surface area contributed by atoms with Crippen molar-refractivity contribution in [1.29, 1.82) is 0 Å². The van der Waals surface area contributed by atoms with Gasteiger partial charge in [0.1, 0.15) is 5.82 Å². The molecule has 2 aromatic rings. The monoisotopic (exact) mass is 243 g/mol. The average molecular weight is 243 g/mol. The van der Waals surface area contributed by atoms with Crippen LogP contribution in [0.2, 0.25) is 0 Å². The van der Waals surface area contributed by atoms with Crippen LogP contribution >= 0.6 is 0 Å². The minimum Gasteiger partial charge on any atom is -0.321 e. The van der Waals surface area contributed by atoms with Gasteiger partial charge in [0.05, 0.1) is 0 Å². The largest absolute Gasteiger partial charge is 0.321 e. The first kappa shape index (κ1) is 12.8. The predicted molar refractivity (Wildman–Crippen MR) is 72.7 cm³/mol. The Bertz CT molecular complexity index is 510. The Morgan fingerprint density at radius 1 is 1.00 bits per heavy atom. The fraction of sp³-hybridized carbons (Fsp3) is 0.250. The Morgan fingerprint density at radius 2 is 1.61 bits per heavy atom. The van der Waals surface area contributed by atoms with Gasteiger partial charge in [-0.1, -0.05) is 55.5 Å². The van der Waals surface area contributed by atoms with Crippen molar-refractivity contribution in [2.45, 2.75) is 25.3 Å². The lowest BCUT2D eigenvalue weighted by molar-refractivity contribution is 0.416. The number of benzene rings is 2. The van der Waals surface area contributed by atoms with Crippen LogP contribution in [0, 0.1) is 5.82 Å². The van der Waals surface area contributed by atoms with Gasteiger partial charge >= 0.3 is 0 Å². The molecule has 0 amide bonds. The van der Waals surface area contributed by atoms with Gasteiger partial charge in [0, 0.05) is 5.54 Å². The highest BCUT2D eigenvalue weighted by Gasteiger charge is 2.26. The molecule has 0 saturated carbocycles. The Labute approximate surface area is 107 Å². The summed E-state index contributed by atoms with van der Waals surface area (Å²) in [6, 6.07) is 16.7. The Balaban J connectivity index is 2.32. The van der Waals surface area contributed by atoms with Crippen LogP contribution in [0.3, 0.4) is 0 Å². The molecule has 0 aliphatic carbocycles. The summed E-state index contributed by atoms with van der Waals surface area (Å²) in [7, 11) is 0. The SMILES string of the molecule is CCC(N)(Cc1ccccc1F)c1ccccc1. The minimum atomic E-state index is -0.510. The van der Waals surface area contributed by atoms with Crippen LogP contribution in [0.15, 0.2) is 54.6 Å². The second kappa shape index (κ2) is 5.32. The van der Waals surface area contributed by atoms with Gasteiger partial charge in [0.2, 0.25) is 0 Å². The summed E-state index contributed by atoms with van der Waals surface area (Å²) in [6.07, 6.45) is 1.28. The van der Waals surface area contributed by atoms with Crippen LogP contribution in [0.1, 0.15) is 24.5 Å². The van der Waals surface area contributed by atoms with E-state index < -0.39 is 5.54 Å². The zero-order valence-corrected chi connectivity index (χ0v) is 10.6. The molecule has 0 fully saturated rings. The summed E-state index contributed by atoms with van der Waals surface area (Å²) in [5, 5.41) is 0. The summed E-state index contributed by atoms with van der Waals surface area (Å²) in [6.45, 7) is 2.04. The number of nitrogens with two attached hydrogens (primary N) is 1. The van der Waals surface area contributed by atoms with E-state index in [0.29, 0.717) is 12.0 Å². The van der Waals surface area contributed by atoms with Crippen molar-refractivity contribution in [3.8, 4) is 0 Å². The Hall–Kier alpha value is -1.67. The van der Waals surface area contributed by atoms with Gasteiger partial charge in [-0.15, -0.1) is 0 Å². The fourth-order valence-electron chi connectivity index (χ4n) is 2.18. The molecule has 2 heteroatoms. The first-order valence-corrected chi connectivity index (χ1v) is 6.23. The smallest absolute Gasteiger partial charge is 0.126 e. The van der Waals surface area contributed by atoms with Crippen LogP contribution in [0.4, 0.5) is 4.39 Å². The molecule has 0 saturated heterocycles. The molecule has 2 rings (SSSR count). The van der Waals surface area contributed by atoms with E-state index in [4.69, 9.17) is 5.73 Å².